The average Bonchev–Trinajstić information content (AvgIpc) is 2.49. The number of rotatable bonds is 2. The maximum atomic E-state index is 6.36. The molecule has 0 spiro atoms. The summed E-state index contributed by atoms with van der Waals surface area (Å²) in [5, 5.41) is 0. The van der Waals surface area contributed by atoms with E-state index >= 15 is 0 Å². The number of ether oxygens (including phenoxy) is 1. The highest BCUT2D eigenvalue weighted by atomic mass is 32.2. The van der Waals surface area contributed by atoms with Crippen LogP contribution >= 0.6 is 0 Å². The lowest BCUT2D eigenvalue weighted by Crippen LogP contribution is -2.55. The molecular weight excluding hydrogens is 312 g/mol. The third-order valence-electron chi connectivity index (χ3n) is 6.28. The van der Waals surface area contributed by atoms with Gasteiger partial charge in [0.25, 0.3) is 0 Å². The van der Waals surface area contributed by atoms with E-state index in [1.54, 1.807) is 0 Å². The Morgan fingerprint density at radius 2 is 1.79 bits per heavy atom. The maximum Gasteiger partial charge on any atom is 0.209 e. The van der Waals surface area contributed by atoms with Gasteiger partial charge in [-0.2, -0.15) is 0 Å². The summed E-state index contributed by atoms with van der Waals surface area (Å²) in [7, 11) is 0.314. The van der Waals surface area contributed by atoms with Crippen molar-refractivity contribution in [1.29, 1.82) is 0 Å². The minimum Gasteiger partial charge on any atom is -0.332 e. The van der Waals surface area contributed by atoms with Crippen LogP contribution in [0.15, 0.2) is 24.3 Å². The fourth-order valence-electron chi connectivity index (χ4n) is 4.37. The zero-order valence-corrected chi connectivity index (χ0v) is 17.2. The van der Waals surface area contributed by atoms with Gasteiger partial charge in [0.2, 0.25) is 5.94 Å². The topological polar surface area (TPSA) is 9.23 Å². The first-order valence-corrected chi connectivity index (χ1v) is 11.1. The van der Waals surface area contributed by atoms with Crippen LogP contribution in [0.1, 0.15) is 71.9 Å². The van der Waals surface area contributed by atoms with Crippen LogP contribution in [0, 0.1) is 11.8 Å². The summed E-state index contributed by atoms with van der Waals surface area (Å²) in [4.78, 5) is 0. The summed E-state index contributed by atoms with van der Waals surface area (Å²) in [6.45, 7) is 14.3. The van der Waals surface area contributed by atoms with E-state index in [9.17, 15) is 0 Å². The lowest BCUT2D eigenvalue weighted by atomic mass is 9.75. The van der Waals surface area contributed by atoms with Crippen LogP contribution in [0.2, 0.25) is 0 Å². The number of hydrogen-bond donors (Lipinski definition) is 0. The molecule has 1 aromatic rings. The molecule has 1 unspecified atom stereocenters. The molecule has 1 saturated heterocycles. The minimum atomic E-state index is 0.236. The molecule has 0 radical (unpaired) electrons. The SMILES string of the molecule is C[C@H]1CC[C@H]2[C@H](C1)OC[S+](Cc1ccc(C(C)(C)C)cc1)C2(C)C. The van der Waals surface area contributed by atoms with Crippen molar-refractivity contribution in [3.8, 4) is 0 Å². The third-order valence-corrected chi connectivity index (χ3v) is 9.17. The largest absolute Gasteiger partial charge is 0.332 e. The Morgan fingerprint density at radius 1 is 1.12 bits per heavy atom. The van der Waals surface area contributed by atoms with Crippen LogP contribution in [0.3, 0.4) is 0 Å². The Bertz CT molecular complexity index is 554. The highest BCUT2D eigenvalue weighted by Gasteiger charge is 2.54. The van der Waals surface area contributed by atoms with Gasteiger partial charge < -0.3 is 4.74 Å². The van der Waals surface area contributed by atoms with E-state index in [0.29, 0.717) is 21.7 Å². The van der Waals surface area contributed by atoms with E-state index in [1.165, 1.54) is 36.1 Å². The normalized spacial score (nSPS) is 33.1. The molecule has 2 fully saturated rings. The quantitative estimate of drug-likeness (QED) is 0.626. The molecule has 0 aromatic heterocycles. The summed E-state index contributed by atoms with van der Waals surface area (Å²) in [6.07, 6.45) is 4.51. The van der Waals surface area contributed by atoms with Gasteiger partial charge in [-0.25, -0.2) is 0 Å². The predicted octanol–water partition coefficient (Wildman–Crippen LogP) is 5.67. The molecule has 2 heteroatoms. The predicted molar refractivity (Wildman–Crippen MR) is 107 cm³/mol. The van der Waals surface area contributed by atoms with Crippen molar-refractivity contribution < 1.29 is 4.74 Å². The van der Waals surface area contributed by atoms with Crippen LogP contribution in [-0.2, 0) is 26.8 Å². The Kier molecular flexibility index (Phi) is 5.10. The van der Waals surface area contributed by atoms with Gasteiger partial charge in [0.15, 0.2) is 0 Å². The van der Waals surface area contributed by atoms with Gasteiger partial charge in [0.1, 0.15) is 10.5 Å². The minimum absolute atomic E-state index is 0.236. The Morgan fingerprint density at radius 3 is 2.42 bits per heavy atom. The standard InChI is InChI=1S/C22H35OS/c1-16-7-12-19-20(13-16)23-15-24(22(19,5)6)14-17-8-10-18(11-9-17)21(2,3)4/h8-11,16,19-20H,7,12-15H2,1-6H3/q+1/t16-,19-,20-,24?/m0/s1. The monoisotopic (exact) mass is 347 g/mol. The average molecular weight is 348 g/mol. The molecule has 1 nitrogen and oxygen atoms in total. The smallest absolute Gasteiger partial charge is 0.209 e. The highest BCUT2D eigenvalue weighted by molar-refractivity contribution is 7.97. The zero-order valence-electron chi connectivity index (χ0n) is 16.4. The zero-order chi connectivity index (χ0) is 17.5. The molecule has 3 rings (SSSR count). The van der Waals surface area contributed by atoms with Gasteiger partial charge in [0, 0.05) is 22.4 Å². The summed E-state index contributed by atoms with van der Waals surface area (Å²) in [5.41, 5.74) is 3.14. The number of fused-ring (bicyclic) bond motifs is 1. The van der Waals surface area contributed by atoms with Crippen molar-refractivity contribution in [3.63, 3.8) is 0 Å². The van der Waals surface area contributed by atoms with Crippen molar-refractivity contribution in [3.05, 3.63) is 35.4 Å². The number of hydrogen-bond acceptors (Lipinski definition) is 1. The molecular formula is C22H35OS+. The van der Waals surface area contributed by atoms with E-state index in [-0.39, 0.29) is 5.41 Å². The molecule has 1 aliphatic heterocycles. The lowest BCUT2D eigenvalue weighted by Gasteiger charge is -2.46. The first kappa shape index (κ1) is 18.3. The molecule has 0 N–H and O–H groups in total. The van der Waals surface area contributed by atoms with E-state index in [1.807, 2.05) is 0 Å². The van der Waals surface area contributed by atoms with Gasteiger partial charge in [-0.3, -0.25) is 0 Å². The molecule has 1 saturated carbocycles. The fourth-order valence-corrected chi connectivity index (χ4v) is 6.76. The molecule has 2 aliphatic rings. The number of benzene rings is 1. The molecule has 0 amide bonds. The Hall–Kier alpha value is -0.470. The van der Waals surface area contributed by atoms with Crippen molar-refractivity contribution in [1.82, 2.24) is 0 Å². The highest BCUT2D eigenvalue weighted by Crippen LogP contribution is 2.46. The van der Waals surface area contributed by atoms with Gasteiger partial charge in [-0.05, 0) is 43.6 Å². The van der Waals surface area contributed by atoms with Crippen LogP contribution < -0.4 is 0 Å². The summed E-state index contributed by atoms with van der Waals surface area (Å²) >= 11 is 0. The summed E-state index contributed by atoms with van der Waals surface area (Å²) in [6, 6.07) is 9.33. The maximum absolute atomic E-state index is 6.36. The van der Waals surface area contributed by atoms with E-state index < -0.39 is 0 Å². The fraction of sp³-hybridized carbons (Fsp3) is 0.727. The first-order valence-electron chi connectivity index (χ1n) is 9.56. The Labute approximate surface area is 151 Å². The molecule has 1 aliphatic carbocycles. The Balaban J connectivity index is 1.71. The third kappa shape index (κ3) is 3.70. The molecule has 1 aromatic carbocycles. The molecule has 134 valence electrons. The van der Waals surface area contributed by atoms with Crippen LogP contribution in [0.5, 0.6) is 0 Å². The molecule has 0 bridgehead atoms. The molecule has 4 atom stereocenters. The van der Waals surface area contributed by atoms with Crippen molar-refractivity contribution in [2.24, 2.45) is 11.8 Å². The van der Waals surface area contributed by atoms with Crippen molar-refractivity contribution in [2.75, 3.05) is 5.94 Å². The van der Waals surface area contributed by atoms with Crippen molar-refractivity contribution in [2.45, 2.75) is 82.8 Å². The van der Waals surface area contributed by atoms with E-state index in [2.05, 4.69) is 65.8 Å². The molecule has 1 heterocycles. The summed E-state index contributed by atoms with van der Waals surface area (Å²) in [5.74, 6) is 3.73. The van der Waals surface area contributed by atoms with Crippen molar-refractivity contribution >= 4 is 10.9 Å². The van der Waals surface area contributed by atoms with Crippen LogP contribution in [0.25, 0.3) is 0 Å². The van der Waals surface area contributed by atoms with Crippen LogP contribution in [-0.4, -0.2) is 16.8 Å². The van der Waals surface area contributed by atoms with Gasteiger partial charge >= 0.3 is 0 Å². The summed E-state index contributed by atoms with van der Waals surface area (Å²) < 4.78 is 6.77. The van der Waals surface area contributed by atoms with Crippen LogP contribution in [0.4, 0.5) is 0 Å². The second-order valence-corrected chi connectivity index (χ2v) is 12.1. The molecule has 24 heavy (non-hydrogen) atoms. The van der Waals surface area contributed by atoms with Gasteiger partial charge in [0.05, 0.1) is 6.10 Å². The lowest BCUT2D eigenvalue weighted by molar-refractivity contribution is -0.0251. The van der Waals surface area contributed by atoms with E-state index in [0.717, 1.165) is 17.8 Å². The second-order valence-electron chi connectivity index (χ2n) is 9.54. The van der Waals surface area contributed by atoms with Gasteiger partial charge in [-0.1, -0.05) is 58.4 Å². The first-order chi connectivity index (χ1) is 11.2. The van der Waals surface area contributed by atoms with Gasteiger partial charge in [-0.15, -0.1) is 0 Å². The second kappa shape index (κ2) is 6.68. The van der Waals surface area contributed by atoms with E-state index in [4.69, 9.17) is 4.74 Å².